The zero-order valence-electron chi connectivity index (χ0n) is 15.4. The lowest BCUT2D eigenvalue weighted by Gasteiger charge is -2.32. The lowest BCUT2D eigenvalue weighted by atomic mass is 9.96. The molecule has 3 N–H and O–H groups in total. The van der Waals surface area contributed by atoms with Gasteiger partial charge in [0.15, 0.2) is 0 Å². The minimum Gasteiger partial charge on any atom is -0.366 e. The molecule has 1 saturated heterocycles. The molecule has 1 unspecified atom stereocenters. The Hall–Kier alpha value is -3.22. The van der Waals surface area contributed by atoms with Crippen molar-refractivity contribution in [2.75, 3.05) is 18.4 Å². The number of likely N-dealkylation sites (tertiary alicyclic amines) is 1. The van der Waals surface area contributed by atoms with Crippen molar-refractivity contribution in [2.45, 2.75) is 19.3 Å². The first-order valence-corrected chi connectivity index (χ1v) is 9.16. The Bertz CT molecular complexity index is 886. The summed E-state index contributed by atoms with van der Waals surface area (Å²) >= 11 is 0. The topological polar surface area (TPSA) is 92.5 Å². The van der Waals surface area contributed by atoms with Crippen LogP contribution >= 0.6 is 0 Å². The van der Waals surface area contributed by atoms with Crippen molar-refractivity contribution >= 4 is 23.4 Å². The number of anilines is 1. The van der Waals surface area contributed by atoms with Gasteiger partial charge in [0.05, 0.1) is 17.9 Å². The molecule has 3 amide bonds. The Balaban J connectivity index is 1.60. The average molecular weight is 383 g/mol. The van der Waals surface area contributed by atoms with Gasteiger partial charge >= 0.3 is 0 Å². The fraction of sp³-hybridized carbons (Fsp3) is 0.286. The molecule has 28 heavy (non-hydrogen) atoms. The highest BCUT2D eigenvalue weighted by Gasteiger charge is 2.28. The van der Waals surface area contributed by atoms with Gasteiger partial charge in [-0.05, 0) is 36.6 Å². The molecular formula is C21H22FN3O3. The number of hydrogen-bond acceptors (Lipinski definition) is 3. The zero-order valence-corrected chi connectivity index (χ0v) is 15.4. The molecule has 3 rings (SSSR count). The summed E-state index contributed by atoms with van der Waals surface area (Å²) in [4.78, 5) is 37.9. The maximum atomic E-state index is 13.9. The van der Waals surface area contributed by atoms with Gasteiger partial charge in [-0.15, -0.1) is 0 Å². The van der Waals surface area contributed by atoms with E-state index in [0.29, 0.717) is 25.9 Å². The van der Waals surface area contributed by atoms with E-state index in [4.69, 9.17) is 5.73 Å². The van der Waals surface area contributed by atoms with Gasteiger partial charge in [-0.25, -0.2) is 4.39 Å². The van der Waals surface area contributed by atoms with Crippen molar-refractivity contribution in [2.24, 2.45) is 11.7 Å². The van der Waals surface area contributed by atoms with Crippen LogP contribution in [0.15, 0.2) is 48.5 Å². The molecule has 0 spiro atoms. The summed E-state index contributed by atoms with van der Waals surface area (Å²) in [6, 6.07) is 13.2. The molecular weight excluding hydrogens is 361 g/mol. The SMILES string of the molecule is NC(=O)c1ccc(NC(=O)C2CCCN(C(=O)Cc3ccccc3)C2)cc1F. The number of hydrogen-bond donors (Lipinski definition) is 2. The number of carbonyl (C=O) groups is 3. The van der Waals surface area contributed by atoms with E-state index in [1.807, 2.05) is 30.3 Å². The molecule has 0 aromatic heterocycles. The number of primary amides is 1. The first kappa shape index (κ1) is 19.5. The Kier molecular flexibility index (Phi) is 6.03. The van der Waals surface area contributed by atoms with Crippen molar-refractivity contribution < 1.29 is 18.8 Å². The number of carbonyl (C=O) groups excluding carboxylic acids is 3. The molecule has 1 aliphatic heterocycles. The summed E-state index contributed by atoms with van der Waals surface area (Å²) in [5.74, 6) is -2.31. The molecule has 2 aromatic rings. The number of nitrogens with one attached hydrogen (secondary N) is 1. The lowest BCUT2D eigenvalue weighted by molar-refractivity contribution is -0.133. The lowest BCUT2D eigenvalue weighted by Crippen LogP contribution is -2.44. The first-order valence-electron chi connectivity index (χ1n) is 9.16. The van der Waals surface area contributed by atoms with E-state index in [9.17, 15) is 18.8 Å². The van der Waals surface area contributed by atoms with E-state index in [2.05, 4.69) is 5.32 Å². The Labute approximate surface area is 162 Å². The molecule has 1 fully saturated rings. The minimum absolute atomic E-state index is 0.0134. The van der Waals surface area contributed by atoms with E-state index in [0.717, 1.165) is 18.1 Å². The van der Waals surface area contributed by atoms with Gasteiger partial charge in [0.2, 0.25) is 11.8 Å². The van der Waals surface area contributed by atoms with Crippen LogP contribution in [0.25, 0.3) is 0 Å². The molecule has 0 radical (unpaired) electrons. The highest BCUT2D eigenvalue weighted by molar-refractivity contribution is 5.96. The summed E-state index contributed by atoms with van der Waals surface area (Å²) < 4.78 is 13.9. The molecule has 6 nitrogen and oxygen atoms in total. The van der Waals surface area contributed by atoms with Gasteiger partial charge in [0.25, 0.3) is 5.91 Å². The van der Waals surface area contributed by atoms with Crippen LogP contribution in [0.3, 0.4) is 0 Å². The Morgan fingerprint density at radius 1 is 1.14 bits per heavy atom. The van der Waals surface area contributed by atoms with E-state index < -0.39 is 11.7 Å². The van der Waals surface area contributed by atoms with Crippen LogP contribution in [0.5, 0.6) is 0 Å². The molecule has 0 bridgehead atoms. The van der Waals surface area contributed by atoms with Crippen LogP contribution < -0.4 is 11.1 Å². The molecule has 1 heterocycles. The van der Waals surface area contributed by atoms with Gasteiger partial charge in [-0.1, -0.05) is 30.3 Å². The number of piperidine rings is 1. The molecule has 1 atom stereocenters. The Morgan fingerprint density at radius 3 is 2.57 bits per heavy atom. The van der Waals surface area contributed by atoms with E-state index in [-0.39, 0.29) is 29.0 Å². The smallest absolute Gasteiger partial charge is 0.251 e. The van der Waals surface area contributed by atoms with Crippen LogP contribution in [-0.4, -0.2) is 35.7 Å². The highest BCUT2D eigenvalue weighted by atomic mass is 19.1. The third-order valence-electron chi connectivity index (χ3n) is 4.85. The largest absolute Gasteiger partial charge is 0.366 e. The van der Waals surface area contributed by atoms with Crippen LogP contribution in [0.2, 0.25) is 0 Å². The summed E-state index contributed by atoms with van der Waals surface area (Å²) in [6.45, 7) is 0.955. The normalized spacial score (nSPS) is 16.5. The number of nitrogens with zero attached hydrogens (tertiary/aromatic N) is 1. The number of benzene rings is 2. The second kappa shape index (κ2) is 8.65. The van der Waals surface area contributed by atoms with Crippen molar-refractivity contribution in [3.8, 4) is 0 Å². The van der Waals surface area contributed by atoms with Crippen molar-refractivity contribution in [1.29, 1.82) is 0 Å². The summed E-state index contributed by atoms with van der Waals surface area (Å²) in [6.07, 6.45) is 1.69. The highest BCUT2D eigenvalue weighted by Crippen LogP contribution is 2.21. The van der Waals surface area contributed by atoms with Crippen LogP contribution in [-0.2, 0) is 16.0 Å². The fourth-order valence-electron chi connectivity index (χ4n) is 3.34. The monoisotopic (exact) mass is 383 g/mol. The van der Waals surface area contributed by atoms with Crippen molar-refractivity contribution in [3.05, 3.63) is 65.5 Å². The summed E-state index contributed by atoms with van der Waals surface area (Å²) in [5.41, 5.74) is 6.03. The summed E-state index contributed by atoms with van der Waals surface area (Å²) in [7, 11) is 0. The van der Waals surface area contributed by atoms with Crippen LogP contribution in [0, 0.1) is 11.7 Å². The van der Waals surface area contributed by atoms with Crippen LogP contribution in [0.4, 0.5) is 10.1 Å². The maximum Gasteiger partial charge on any atom is 0.251 e. The average Bonchev–Trinajstić information content (AvgIpc) is 2.68. The first-order chi connectivity index (χ1) is 13.4. The quantitative estimate of drug-likeness (QED) is 0.830. The number of nitrogens with two attached hydrogens (primary N) is 1. The predicted octanol–water partition coefficient (Wildman–Crippen LogP) is 2.34. The van der Waals surface area contributed by atoms with E-state index >= 15 is 0 Å². The van der Waals surface area contributed by atoms with Gasteiger partial charge in [0.1, 0.15) is 5.82 Å². The standard InChI is InChI=1S/C21H22FN3O3/c22-18-12-16(8-9-17(18)20(23)27)24-21(28)15-7-4-10-25(13-15)19(26)11-14-5-2-1-3-6-14/h1-3,5-6,8-9,12,15H,4,7,10-11,13H2,(H2,23,27)(H,24,28). The molecule has 146 valence electrons. The number of amides is 3. The molecule has 7 heteroatoms. The fourth-order valence-corrected chi connectivity index (χ4v) is 3.34. The van der Waals surface area contributed by atoms with Crippen molar-refractivity contribution in [1.82, 2.24) is 4.90 Å². The van der Waals surface area contributed by atoms with Gasteiger partial charge in [0, 0.05) is 18.8 Å². The van der Waals surface area contributed by atoms with Gasteiger partial charge in [-0.3, -0.25) is 14.4 Å². The summed E-state index contributed by atoms with van der Waals surface area (Å²) in [5, 5.41) is 2.66. The minimum atomic E-state index is -0.866. The molecule has 0 aliphatic carbocycles. The zero-order chi connectivity index (χ0) is 20.1. The second-order valence-electron chi connectivity index (χ2n) is 6.89. The number of halogens is 1. The number of rotatable bonds is 5. The van der Waals surface area contributed by atoms with E-state index in [1.54, 1.807) is 4.90 Å². The van der Waals surface area contributed by atoms with E-state index in [1.165, 1.54) is 12.1 Å². The second-order valence-corrected chi connectivity index (χ2v) is 6.89. The van der Waals surface area contributed by atoms with Gasteiger partial charge < -0.3 is 16.0 Å². The Morgan fingerprint density at radius 2 is 1.89 bits per heavy atom. The maximum absolute atomic E-state index is 13.9. The third kappa shape index (κ3) is 4.73. The molecule has 1 aliphatic rings. The molecule has 2 aromatic carbocycles. The third-order valence-corrected chi connectivity index (χ3v) is 4.85. The van der Waals surface area contributed by atoms with Gasteiger partial charge in [-0.2, -0.15) is 0 Å². The van der Waals surface area contributed by atoms with Crippen molar-refractivity contribution in [3.63, 3.8) is 0 Å². The van der Waals surface area contributed by atoms with Crippen LogP contribution in [0.1, 0.15) is 28.8 Å². The molecule has 0 saturated carbocycles. The predicted molar refractivity (Wildman–Crippen MR) is 103 cm³/mol.